The summed E-state index contributed by atoms with van der Waals surface area (Å²) in [5.41, 5.74) is 4.03. The molecule has 2 aromatic carbocycles. The van der Waals surface area contributed by atoms with E-state index in [1.54, 1.807) is 43.8 Å². The lowest BCUT2D eigenvalue weighted by molar-refractivity contribution is -0.140. The zero-order valence-electron chi connectivity index (χ0n) is 18.9. The number of aliphatic hydroxyl groups is 1. The highest BCUT2D eigenvalue weighted by Crippen LogP contribution is 2.41. The second-order valence-electron chi connectivity index (χ2n) is 8.06. The standard InChI is InChI=1S/C27H26N2O4/c1-4-18-7-9-20(10-8-18)24-23(25(30)22-12-11-21(33-3)14-17(22)2)26(31)27(32)29(24)16-19-6-5-13-28-15-19/h5-15,24,30H,4,16H2,1-3H3/b25-23+/t24-/m0/s1. The minimum Gasteiger partial charge on any atom is -0.507 e. The highest BCUT2D eigenvalue weighted by Gasteiger charge is 2.46. The molecule has 1 amide bonds. The maximum Gasteiger partial charge on any atom is 0.295 e. The number of aromatic nitrogens is 1. The summed E-state index contributed by atoms with van der Waals surface area (Å²) in [5, 5.41) is 11.3. The molecular formula is C27H26N2O4. The fraction of sp³-hybridized carbons (Fsp3) is 0.222. The van der Waals surface area contributed by atoms with E-state index in [0.717, 1.165) is 28.7 Å². The molecule has 1 aliphatic heterocycles. The fourth-order valence-electron chi connectivity index (χ4n) is 4.19. The smallest absolute Gasteiger partial charge is 0.295 e. The lowest BCUT2D eigenvalue weighted by Gasteiger charge is -2.25. The predicted molar refractivity (Wildman–Crippen MR) is 126 cm³/mol. The van der Waals surface area contributed by atoms with Gasteiger partial charge in [-0.2, -0.15) is 0 Å². The Morgan fingerprint density at radius 2 is 1.85 bits per heavy atom. The predicted octanol–water partition coefficient (Wildman–Crippen LogP) is 4.58. The molecule has 2 heterocycles. The fourth-order valence-corrected chi connectivity index (χ4v) is 4.19. The van der Waals surface area contributed by atoms with E-state index in [1.165, 1.54) is 4.90 Å². The third kappa shape index (κ3) is 4.24. The Morgan fingerprint density at radius 3 is 2.45 bits per heavy atom. The van der Waals surface area contributed by atoms with Gasteiger partial charge in [0.15, 0.2) is 0 Å². The number of pyridine rings is 1. The molecule has 1 N–H and O–H groups in total. The van der Waals surface area contributed by atoms with Crippen LogP contribution < -0.4 is 4.74 Å². The largest absolute Gasteiger partial charge is 0.507 e. The number of ketones is 1. The Balaban J connectivity index is 1.87. The van der Waals surface area contributed by atoms with E-state index >= 15 is 0 Å². The number of hydrogen-bond acceptors (Lipinski definition) is 5. The van der Waals surface area contributed by atoms with Crippen LogP contribution in [0.25, 0.3) is 5.76 Å². The van der Waals surface area contributed by atoms with Crippen LogP contribution in [0.3, 0.4) is 0 Å². The van der Waals surface area contributed by atoms with Crippen LogP contribution in [0.4, 0.5) is 0 Å². The number of methoxy groups -OCH3 is 1. The molecule has 1 aromatic heterocycles. The summed E-state index contributed by atoms with van der Waals surface area (Å²) >= 11 is 0. The van der Waals surface area contributed by atoms with Gasteiger partial charge in [0.1, 0.15) is 11.5 Å². The Hall–Kier alpha value is -3.93. The highest BCUT2D eigenvalue weighted by molar-refractivity contribution is 6.46. The minimum atomic E-state index is -0.711. The average molecular weight is 443 g/mol. The summed E-state index contributed by atoms with van der Waals surface area (Å²) in [4.78, 5) is 32.0. The molecule has 0 radical (unpaired) electrons. The number of benzene rings is 2. The molecule has 6 heteroatoms. The third-order valence-electron chi connectivity index (χ3n) is 6.01. The van der Waals surface area contributed by atoms with Gasteiger partial charge in [0.05, 0.1) is 18.7 Å². The van der Waals surface area contributed by atoms with E-state index in [0.29, 0.717) is 11.3 Å². The van der Waals surface area contributed by atoms with Gasteiger partial charge < -0.3 is 14.7 Å². The van der Waals surface area contributed by atoms with Gasteiger partial charge in [-0.25, -0.2) is 0 Å². The third-order valence-corrected chi connectivity index (χ3v) is 6.01. The van der Waals surface area contributed by atoms with Crippen molar-refractivity contribution in [2.24, 2.45) is 0 Å². The molecule has 0 spiro atoms. The van der Waals surface area contributed by atoms with Crippen molar-refractivity contribution in [1.29, 1.82) is 0 Å². The zero-order valence-corrected chi connectivity index (χ0v) is 18.9. The number of aliphatic hydroxyl groups excluding tert-OH is 1. The van der Waals surface area contributed by atoms with Crippen molar-refractivity contribution < 1.29 is 19.4 Å². The van der Waals surface area contributed by atoms with Crippen molar-refractivity contribution in [3.8, 4) is 5.75 Å². The van der Waals surface area contributed by atoms with Crippen LogP contribution in [0.5, 0.6) is 5.75 Å². The van der Waals surface area contributed by atoms with Crippen LogP contribution in [0.1, 0.15) is 40.8 Å². The number of ether oxygens (including phenoxy) is 1. The SMILES string of the molecule is CCc1ccc([C@H]2/C(=C(\O)c3ccc(OC)cc3C)C(=O)C(=O)N2Cc2cccnc2)cc1. The van der Waals surface area contributed by atoms with Crippen LogP contribution in [0.15, 0.2) is 72.6 Å². The first-order chi connectivity index (χ1) is 15.9. The van der Waals surface area contributed by atoms with Crippen molar-refractivity contribution >= 4 is 17.4 Å². The Kier molecular flexibility index (Phi) is 6.27. The summed E-state index contributed by atoms with van der Waals surface area (Å²) < 4.78 is 5.26. The summed E-state index contributed by atoms with van der Waals surface area (Å²) in [6, 6.07) is 15.9. The van der Waals surface area contributed by atoms with Crippen LogP contribution in [-0.2, 0) is 22.6 Å². The molecule has 1 fully saturated rings. The second kappa shape index (κ2) is 9.28. The molecule has 0 bridgehead atoms. The molecule has 3 aromatic rings. The van der Waals surface area contributed by atoms with Crippen LogP contribution in [0, 0.1) is 6.92 Å². The topological polar surface area (TPSA) is 79.7 Å². The molecule has 168 valence electrons. The number of aryl methyl sites for hydroxylation is 2. The normalized spacial score (nSPS) is 17.4. The van der Waals surface area contributed by atoms with Gasteiger partial charge in [-0.05, 0) is 59.9 Å². The van der Waals surface area contributed by atoms with Gasteiger partial charge in [0.25, 0.3) is 11.7 Å². The quantitative estimate of drug-likeness (QED) is 0.343. The van der Waals surface area contributed by atoms with E-state index in [9.17, 15) is 14.7 Å². The Labute approximate surface area is 193 Å². The van der Waals surface area contributed by atoms with Crippen molar-refractivity contribution in [3.05, 3.63) is 100 Å². The van der Waals surface area contributed by atoms with Crippen molar-refractivity contribution in [2.75, 3.05) is 7.11 Å². The van der Waals surface area contributed by atoms with Crippen molar-refractivity contribution in [3.63, 3.8) is 0 Å². The van der Waals surface area contributed by atoms with E-state index in [1.807, 2.05) is 37.3 Å². The van der Waals surface area contributed by atoms with Crippen LogP contribution in [-0.4, -0.2) is 33.8 Å². The number of rotatable bonds is 6. The molecule has 0 saturated carbocycles. The Bertz CT molecular complexity index is 1220. The molecule has 0 aliphatic carbocycles. The van der Waals surface area contributed by atoms with Gasteiger partial charge in [-0.1, -0.05) is 37.3 Å². The maximum absolute atomic E-state index is 13.2. The first-order valence-electron chi connectivity index (χ1n) is 10.9. The lowest BCUT2D eigenvalue weighted by atomic mass is 9.93. The molecule has 4 rings (SSSR count). The maximum atomic E-state index is 13.2. The second-order valence-corrected chi connectivity index (χ2v) is 8.06. The average Bonchev–Trinajstić information content (AvgIpc) is 3.09. The van der Waals surface area contributed by atoms with E-state index in [4.69, 9.17) is 4.74 Å². The van der Waals surface area contributed by atoms with Gasteiger partial charge in [0, 0.05) is 24.5 Å². The van der Waals surface area contributed by atoms with Crippen LogP contribution in [0.2, 0.25) is 0 Å². The van der Waals surface area contributed by atoms with Gasteiger partial charge in [-0.3, -0.25) is 14.6 Å². The Morgan fingerprint density at radius 1 is 1.09 bits per heavy atom. The summed E-state index contributed by atoms with van der Waals surface area (Å²) in [5.74, 6) is -0.883. The minimum absolute atomic E-state index is 0.0846. The monoisotopic (exact) mass is 442 g/mol. The zero-order chi connectivity index (χ0) is 23.5. The summed E-state index contributed by atoms with van der Waals surface area (Å²) in [6.45, 7) is 4.10. The molecule has 1 aliphatic rings. The molecule has 33 heavy (non-hydrogen) atoms. The summed E-state index contributed by atoms with van der Waals surface area (Å²) in [6.07, 6.45) is 4.20. The van der Waals surface area contributed by atoms with Gasteiger partial charge in [-0.15, -0.1) is 0 Å². The lowest BCUT2D eigenvalue weighted by Crippen LogP contribution is -2.29. The van der Waals surface area contributed by atoms with E-state index < -0.39 is 17.7 Å². The molecule has 0 unspecified atom stereocenters. The van der Waals surface area contributed by atoms with E-state index in [2.05, 4.69) is 11.9 Å². The van der Waals surface area contributed by atoms with Crippen LogP contribution >= 0.6 is 0 Å². The number of carbonyl (C=O) groups excluding carboxylic acids is 2. The molecular weight excluding hydrogens is 416 g/mol. The number of amides is 1. The van der Waals surface area contributed by atoms with Gasteiger partial charge >= 0.3 is 0 Å². The summed E-state index contributed by atoms with van der Waals surface area (Å²) in [7, 11) is 1.57. The first-order valence-corrected chi connectivity index (χ1v) is 10.9. The highest BCUT2D eigenvalue weighted by atomic mass is 16.5. The number of hydrogen-bond donors (Lipinski definition) is 1. The van der Waals surface area contributed by atoms with E-state index in [-0.39, 0.29) is 17.9 Å². The first kappa shape index (κ1) is 22.3. The molecule has 6 nitrogen and oxygen atoms in total. The van der Waals surface area contributed by atoms with Crippen molar-refractivity contribution in [1.82, 2.24) is 9.88 Å². The number of nitrogens with zero attached hydrogens (tertiary/aromatic N) is 2. The molecule has 1 atom stereocenters. The number of Topliss-reactive ketones (excluding diaryl/α,β-unsaturated/α-hetero) is 1. The number of carbonyl (C=O) groups is 2. The molecule has 1 saturated heterocycles. The van der Waals surface area contributed by atoms with Crippen molar-refractivity contribution in [2.45, 2.75) is 32.9 Å². The number of likely N-dealkylation sites (tertiary alicyclic amines) is 1. The van der Waals surface area contributed by atoms with Gasteiger partial charge in [0.2, 0.25) is 0 Å².